The standard InChI is InChI=1S/C12H23NO/c1-12(2)8-10(7-11(14)9-12)13-5-3-4-6-13/h10-11,14H,3-9H2,1-2H3. The van der Waals surface area contributed by atoms with Gasteiger partial charge in [-0.05, 0) is 50.6 Å². The summed E-state index contributed by atoms with van der Waals surface area (Å²) in [4.78, 5) is 2.59. The van der Waals surface area contributed by atoms with Gasteiger partial charge in [-0.1, -0.05) is 13.8 Å². The van der Waals surface area contributed by atoms with Gasteiger partial charge in [-0.15, -0.1) is 0 Å². The number of rotatable bonds is 1. The molecule has 0 aromatic rings. The molecule has 1 saturated heterocycles. The molecule has 0 aromatic carbocycles. The lowest BCUT2D eigenvalue weighted by Gasteiger charge is -2.42. The van der Waals surface area contributed by atoms with Crippen LogP contribution < -0.4 is 0 Å². The third-order valence-electron chi connectivity index (χ3n) is 3.78. The van der Waals surface area contributed by atoms with Gasteiger partial charge in [-0.25, -0.2) is 0 Å². The molecule has 2 rings (SSSR count). The molecule has 0 amide bonds. The Morgan fingerprint density at radius 3 is 2.36 bits per heavy atom. The van der Waals surface area contributed by atoms with Crippen LogP contribution in [-0.4, -0.2) is 35.2 Å². The van der Waals surface area contributed by atoms with E-state index in [0.29, 0.717) is 11.5 Å². The van der Waals surface area contributed by atoms with E-state index >= 15 is 0 Å². The molecule has 0 aromatic heterocycles. The van der Waals surface area contributed by atoms with Crippen molar-refractivity contribution in [3.63, 3.8) is 0 Å². The van der Waals surface area contributed by atoms with Crippen molar-refractivity contribution in [2.24, 2.45) is 5.41 Å². The van der Waals surface area contributed by atoms with Crippen LogP contribution in [0.15, 0.2) is 0 Å². The summed E-state index contributed by atoms with van der Waals surface area (Å²) in [5, 5.41) is 9.85. The molecule has 2 unspecified atom stereocenters. The second kappa shape index (κ2) is 3.82. The Labute approximate surface area is 87.3 Å². The van der Waals surface area contributed by atoms with Crippen molar-refractivity contribution in [3.8, 4) is 0 Å². The van der Waals surface area contributed by atoms with Gasteiger partial charge >= 0.3 is 0 Å². The zero-order valence-corrected chi connectivity index (χ0v) is 9.50. The van der Waals surface area contributed by atoms with E-state index in [4.69, 9.17) is 0 Å². The molecule has 0 radical (unpaired) electrons. The molecular formula is C12H23NO. The van der Waals surface area contributed by atoms with E-state index in [0.717, 1.165) is 12.8 Å². The van der Waals surface area contributed by atoms with Gasteiger partial charge in [0.25, 0.3) is 0 Å². The first kappa shape index (κ1) is 10.4. The molecule has 1 saturated carbocycles. The Morgan fingerprint density at radius 2 is 1.79 bits per heavy atom. The second-order valence-corrected chi connectivity index (χ2v) is 5.86. The third kappa shape index (κ3) is 2.29. The van der Waals surface area contributed by atoms with Crippen LogP contribution in [0.3, 0.4) is 0 Å². The highest BCUT2D eigenvalue weighted by molar-refractivity contribution is 4.90. The monoisotopic (exact) mass is 197 g/mol. The summed E-state index contributed by atoms with van der Waals surface area (Å²) in [5.41, 5.74) is 0.338. The lowest BCUT2D eigenvalue weighted by Crippen LogP contribution is -2.44. The average Bonchev–Trinajstić information content (AvgIpc) is 2.51. The van der Waals surface area contributed by atoms with Crippen molar-refractivity contribution < 1.29 is 5.11 Å². The molecule has 82 valence electrons. The van der Waals surface area contributed by atoms with Crippen molar-refractivity contribution in [2.75, 3.05) is 13.1 Å². The molecule has 2 fully saturated rings. The first-order chi connectivity index (χ1) is 6.57. The molecule has 2 heteroatoms. The van der Waals surface area contributed by atoms with Crippen LogP contribution in [0, 0.1) is 5.41 Å². The maximum atomic E-state index is 9.85. The van der Waals surface area contributed by atoms with Crippen molar-refractivity contribution >= 4 is 0 Å². The molecule has 1 N–H and O–H groups in total. The molecule has 14 heavy (non-hydrogen) atoms. The van der Waals surface area contributed by atoms with E-state index in [2.05, 4.69) is 18.7 Å². The fourth-order valence-electron chi connectivity index (χ4n) is 3.22. The summed E-state index contributed by atoms with van der Waals surface area (Å²) in [6, 6.07) is 0.649. The van der Waals surface area contributed by atoms with Gasteiger partial charge in [0, 0.05) is 6.04 Å². The van der Waals surface area contributed by atoms with Crippen molar-refractivity contribution in [2.45, 2.75) is 58.1 Å². The Kier molecular flexibility index (Phi) is 2.85. The first-order valence-electron chi connectivity index (χ1n) is 5.99. The van der Waals surface area contributed by atoms with E-state index in [9.17, 15) is 5.11 Å². The maximum Gasteiger partial charge on any atom is 0.0560 e. The van der Waals surface area contributed by atoms with Gasteiger partial charge in [0.1, 0.15) is 0 Å². The molecule has 2 nitrogen and oxygen atoms in total. The first-order valence-corrected chi connectivity index (χ1v) is 5.99. The van der Waals surface area contributed by atoms with E-state index in [-0.39, 0.29) is 6.10 Å². The molecular weight excluding hydrogens is 174 g/mol. The summed E-state index contributed by atoms with van der Waals surface area (Å²) in [6.07, 6.45) is 5.90. The third-order valence-corrected chi connectivity index (χ3v) is 3.78. The Bertz CT molecular complexity index is 196. The summed E-state index contributed by atoms with van der Waals surface area (Å²) in [5.74, 6) is 0. The highest BCUT2D eigenvalue weighted by Crippen LogP contribution is 2.38. The van der Waals surface area contributed by atoms with E-state index in [1.165, 1.54) is 32.4 Å². The lowest BCUT2D eigenvalue weighted by molar-refractivity contribution is 0.0128. The molecule has 0 spiro atoms. The zero-order chi connectivity index (χ0) is 10.2. The van der Waals surface area contributed by atoms with Gasteiger partial charge < -0.3 is 10.0 Å². The SMILES string of the molecule is CC1(C)CC(O)CC(N2CCCC2)C1. The Balaban J connectivity index is 1.97. The number of aliphatic hydroxyl groups is 1. The normalized spacial score (nSPS) is 38.8. The minimum absolute atomic E-state index is 0.0654. The number of hydrogen-bond donors (Lipinski definition) is 1. The molecule has 1 aliphatic heterocycles. The Hall–Kier alpha value is -0.0800. The van der Waals surface area contributed by atoms with Crippen LogP contribution >= 0.6 is 0 Å². The minimum atomic E-state index is -0.0654. The van der Waals surface area contributed by atoms with E-state index < -0.39 is 0 Å². The van der Waals surface area contributed by atoms with Gasteiger partial charge in [-0.3, -0.25) is 0 Å². The van der Waals surface area contributed by atoms with Crippen LogP contribution in [0.5, 0.6) is 0 Å². The number of hydrogen-bond acceptors (Lipinski definition) is 2. The summed E-state index contributed by atoms with van der Waals surface area (Å²) < 4.78 is 0. The largest absolute Gasteiger partial charge is 0.393 e. The highest BCUT2D eigenvalue weighted by Gasteiger charge is 2.36. The van der Waals surface area contributed by atoms with Crippen LogP contribution in [0.25, 0.3) is 0 Å². The topological polar surface area (TPSA) is 23.5 Å². The fraction of sp³-hybridized carbons (Fsp3) is 1.00. The lowest BCUT2D eigenvalue weighted by atomic mass is 9.73. The van der Waals surface area contributed by atoms with Crippen molar-refractivity contribution in [3.05, 3.63) is 0 Å². The fourth-order valence-corrected chi connectivity index (χ4v) is 3.22. The second-order valence-electron chi connectivity index (χ2n) is 5.86. The summed E-state index contributed by atoms with van der Waals surface area (Å²) in [7, 11) is 0. The molecule has 2 aliphatic rings. The van der Waals surface area contributed by atoms with Gasteiger partial charge in [0.05, 0.1) is 6.10 Å². The summed E-state index contributed by atoms with van der Waals surface area (Å²) >= 11 is 0. The number of likely N-dealkylation sites (tertiary alicyclic amines) is 1. The molecule has 0 bridgehead atoms. The van der Waals surface area contributed by atoms with Crippen molar-refractivity contribution in [1.29, 1.82) is 0 Å². The van der Waals surface area contributed by atoms with Crippen LogP contribution in [0.1, 0.15) is 46.0 Å². The average molecular weight is 197 g/mol. The van der Waals surface area contributed by atoms with E-state index in [1.54, 1.807) is 0 Å². The number of nitrogens with zero attached hydrogens (tertiary/aromatic N) is 1. The van der Waals surface area contributed by atoms with Crippen LogP contribution in [-0.2, 0) is 0 Å². The number of aliphatic hydroxyl groups excluding tert-OH is 1. The van der Waals surface area contributed by atoms with Crippen LogP contribution in [0.4, 0.5) is 0 Å². The quantitative estimate of drug-likeness (QED) is 0.695. The van der Waals surface area contributed by atoms with Gasteiger partial charge in [0.2, 0.25) is 0 Å². The van der Waals surface area contributed by atoms with Gasteiger partial charge in [-0.2, -0.15) is 0 Å². The highest BCUT2D eigenvalue weighted by atomic mass is 16.3. The molecule has 1 heterocycles. The molecule has 2 atom stereocenters. The zero-order valence-electron chi connectivity index (χ0n) is 9.50. The van der Waals surface area contributed by atoms with Crippen molar-refractivity contribution in [1.82, 2.24) is 4.90 Å². The minimum Gasteiger partial charge on any atom is -0.393 e. The summed E-state index contributed by atoms with van der Waals surface area (Å²) in [6.45, 7) is 7.10. The van der Waals surface area contributed by atoms with E-state index in [1.807, 2.05) is 0 Å². The van der Waals surface area contributed by atoms with Gasteiger partial charge in [0.15, 0.2) is 0 Å². The molecule has 1 aliphatic carbocycles. The van der Waals surface area contributed by atoms with Crippen LogP contribution in [0.2, 0.25) is 0 Å². The maximum absolute atomic E-state index is 9.85. The Morgan fingerprint density at radius 1 is 1.14 bits per heavy atom. The predicted octanol–water partition coefficient (Wildman–Crippen LogP) is 2.02. The predicted molar refractivity (Wildman–Crippen MR) is 58.2 cm³/mol. The smallest absolute Gasteiger partial charge is 0.0560 e.